The number of carbonyl (C=O) groups is 1. The Morgan fingerprint density at radius 1 is 1.35 bits per heavy atom. The largest absolute Gasteiger partial charge is 0.490 e. The fourth-order valence-corrected chi connectivity index (χ4v) is 2.82. The molecule has 2 rings (SSSR count). The quantitative estimate of drug-likeness (QED) is 0.822. The summed E-state index contributed by atoms with van der Waals surface area (Å²) in [6.07, 6.45) is 7.48. The van der Waals surface area contributed by atoms with Crippen LogP contribution in [0.15, 0.2) is 28.7 Å². The summed E-state index contributed by atoms with van der Waals surface area (Å²) in [6, 6.07) is 5.68. The molecule has 3 nitrogen and oxygen atoms in total. The van der Waals surface area contributed by atoms with Gasteiger partial charge in [0.05, 0.1) is 6.10 Å². The minimum Gasteiger partial charge on any atom is -0.490 e. The van der Waals surface area contributed by atoms with E-state index in [2.05, 4.69) is 22.9 Å². The first kappa shape index (κ1) is 15.1. The van der Waals surface area contributed by atoms with Crippen molar-refractivity contribution in [2.45, 2.75) is 38.7 Å². The Bertz CT molecular complexity index is 502. The summed E-state index contributed by atoms with van der Waals surface area (Å²) in [5, 5.41) is 8.75. The summed E-state index contributed by atoms with van der Waals surface area (Å²) in [5.41, 5.74) is 0.792. The van der Waals surface area contributed by atoms with E-state index in [9.17, 15) is 4.79 Å². The van der Waals surface area contributed by atoms with Crippen molar-refractivity contribution in [1.29, 1.82) is 0 Å². The summed E-state index contributed by atoms with van der Waals surface area (Å²) >= 11 is 3.40. The van der Waals surface area contributed by atoms with Crippen molar-refractivity contribution in [1.82, 2.24) is 0 Å². The van der Waals surface area contributed by atoms with Gasteiger partial charge in [-0.15, -0.1) is 0 Å². The Balaban J connectivity index is 2.12. The maximum absolute atomic E-state index is 10.7. The number of rotatable bonds is 4. The molecule has 0 aliphatic heterocycles. The van der Waals surface area contributed by atoms with Crippen LogP contribution >= 0.6 is 15.9 Å². The molecule has 0 radical (unpaired) electrons. The lowest BCUT2D eigenvalue weighted by atomic mass is 9.89. The van der Waals surface area contributed by atoms with Crippen LogP contribution in [-0.4, -0.2) is 17.2 Å². The fraction of sp³-hybridized carbons (Fsp3) is 0.438. The van der Waals surface area contributed by atoms with Gasteiger partial charge in [-0.25, -0.2) is 4.79 Å². The van der Waals surface area contributed by atoms with E-state index in [-0.39, 0.29) is 6.10 Å². The minimum atomic E-state index is -0.956. The molecule has 1 N–H and O–H groups in total. The molecule has 0 saturated heterocycles. The van der Waals surface area contributed by atoms with Crippen molar-refractivity contribution >= 4 is 28.0 Å². The lowest BCUT2D eigenvalue weighted by molar-refractivity contribution is -0.131. The van der Waals surface area contributed by atoms with Crippen LogP contribution in [0.2, 0.25) is 0 Å². The fourth-order valence-electron chi connectivity index (χ4n) is 2.44. The van der Waals surface area contributed by atoms with E-state index >= 15 is 0 Å². The number of carboxylic acid groups (broad SMARTS) is 1. The molecular weight excluding hydrogens is 320 g/mol. The predicted octanol–water partition coefficient (Wildman–Crippen LogP) is 4.50. The molecule has 0 aromatic heterocycles. The van der Waals surface area contributed by atoms with E-state index in [1.54, 1.807) is 6.08 Å². The van der Waals surface area contributed by atoms with E-state index in [0.717, 1.165) is 40.6 Å². The lowest BCUT2D eigenvalue weighted by Crippen LogP contribution is -2.23. The van der Waals surface area contributed by atoms with Crippen LogP contribution in [-0.2, 0) is 4.79 Å². The normalized spacial score (nSPS) is 22.9. The molecule has 1 aliphatic rings. The molecule has 1 aromatic carbocycles. The lowest BCUT2D eigenvalue weighted by Gasteiger charge is -2.27. The van der Waals surface area contributed by atoms with Gasteiger partial charge in [0.25, 0.3) is 0 Å². The van der Waals surface area contributed by atoms with Crippen molar-refractivity contribution in [3.63, 3.8) is 0 Å². The highest BCUT2D eigenvalue weighted by atomic mass is 79.9. The molecule has 1 aromatic rings. The molecule has 0 spiro atoms. The van der Waals surface area contributed by atoms with Gasteiger partial charge in [-0.3, -0.25) is 0 Å². The average molecular weight is 339 g/mol. The van der Waals surface area contributed by atoms with Crippen LogP contribution < -0.4 is 4.74 Å². The molecule has 1 aliphatic carbocycles. The van der Waals surface area contributed by atoms with Crippen LogP contribution in [0.25, 0.3) is 6.08 Å². The summed E-state index contributed by atoms with van der Waals surface area (Å²) in [6.45, 7) is 2.27. The zero-order chi connectivity index (χ0) is 14.5. The predicted molar refractivity (Wildman–Crippen MR) is 82.9 cm³/mol. The minimum absolute atomic E-state index is 0.240. The molecule has 1 fully saturated rings. The van der Waals surface area contributed by atoms with Crippen molar-refractivity contribution in [3.8, 4) is 5.75 Å². The molecule has 0 atom stereocenters. The highest BCUT2D eigenvalue weighted by Crippen LogP contribution is 2.30. The van der Waals surface area contributed by atoms with Gasteiger partial charge in [0.2, 0.25) is 0 Å². The Kier molecular flexibility index (Phi) is 5.24. The van der Waals surface area contributed by atoms with Gasteiger partial charge < -0.3 is 9.84 Å². The van der Waals surface area contributed by atoms with Gasteiger partial charge in [-0.2, -0.15) is 0 Å². The van der Waals surface area contributed by atoms with Crippen LogP contribution in [0.1, 0.15) is 38.2 Å². The molecule has 20 heavy (non-hydrogen) atoms. The van der Waals surface area contributed by atoms with Crippen molar-refractivity contribution in [2.24, 2.45) is 5.92 Å². The number of halogens is 1. The van der Waals surface area contributed by atoms with E-state index in [4.69, 9.17) is 9.84 Å². The van der Waals surface area contributed by atoms with E-state index in [0.29, 0.717) is 0 Å². The molecule has 0 heterocycles. The molecule has 0 unspecified atom stereocenters. The summed E-state index contributed by atoms with van der Waals surface area (Å²) in [4.78, 5) is 10.7. The number of aliphatic carboxylic acids is 1. The molecule has 108 valence electrons. The smallest absolute Gasteiger partial charge is 0.328 e. The number of ether oxygens (including phenoxy) is 1. The molecule has 4 heteroatoms. The highest BCUT2D eigenvalue weighted by molar-refractivity contribution is 9.10. The number of hydrogen-bond donors (Lipinski definition) is 1. The summed E-state index contributed by atoms with van der Waals surface area (Å²) < 4.78 is 6.97. The monoisotopic (exact) mass is 338 g/mol. The second-order valence-corrected chi connectivity index (χ2v) is 6.27. The van der Waals surface area contributed by atoms with Crippen molar-refractivity contribution < 1.29 is 14.6 Å². The first-order valence-electron chi connectivity index (χ1n) is 6.92. The maximum atomic E-state index is 10.7. The van der Waals surface area contributed by atoms with Gasteiger partial charge in [-0.05, 0) is 55.9 Å². The van der Waals surface area contributed by atoms with Gasteiger partial charge in [0, 0.05) is 16.1 Å². The third kappa shape index (κ3) is 4.37. The van der Waals surface area contributed by atoms with E-state index < -0.39 is 5.97 Å². The molecule has 0 amide bonds. The third-order valence-electron chi connectivity index (χ3n) is 3.63. The SMILES string of the molecule is CC1CCC(Oc2ccc(Br)cc2C=CC(=O)O)CC1. The molecule has 0 bridgehead atoms. The van der Waals surface area contributed by atoms with Crippen LogP contribution in [0, 0.1) is 5.92 Å². The number of carboxylic acids is 1. The van der Waals surface area contributed by atoms with Crippen molar-refractivity contribution in [2.75, 3.05) is 0 Å². The maximum Gasteiger partial charge on any atom is 0.328 e. The van der Waals surface area contributed by atoms with Crippen LogP contribution in [0.5, 0.6) is 5.75 Å². The van der Waals surface area contributed by atoms with Crippen molar-refractivity contribution in [3.05, 3.63) is 34.3 Å². The first-order valence-corrected chi connectivity index (χ1v) is 7.71. The Labute approximate surface area is 127 Å². The Hall–Kier alpha value is -1.29. The highest BCUT2D eigenvalue weighted by Gasteiger charge is 2.20. The second-order valence-electron chi connectivity index (χ2n) is 5.35. The topological polar surface area (TPSA) is 46.5 Å². The van der Waals surface area contributed by atoms with Crippen LogP contribution in [0.3, 0.4) is 0 Å². The standard InChI is InChI=1S/C16H19BrO3/c1-11-2-6-14(7-3-11)20-15-8-5-13(17)10-12(15)4-9-16(18)19/h4-5,8-11,14H,2-3,6-7H2,1H3,(H,18,19). The average Bonchev–Trinajstić information content (AvgIpc) is 2.41. The Morgan fingerprint density at radius 2 is 2.05 bits per heavy atom. The Morgan fingerprint density at radius 3 is 2.70 bits per heavy atom. The van der Waals surface area contributed by atoms with Gasteiger partial charge in [0.1, 0.15) is 5.75 Å². The van der Waals surface area contributed by atoms with Gasteiger partial charge in [0.15, 0.2) is 0 Å². The van der Waals surface area contributed by atoms with Gasteiger partial charge >= 0.3 is 5.97 Å². The van der Waals surface area contributed by atoms with E-state index in [1.807, 2.05) is 18.2 Å². The molecular formula is C16H19BrO3. The van der Waals surface area contributed by atoms with Gasteiger partial charge in [-0.1, -0.05) is 22.9 Å². The molecule has 1 saturated carbocycles. The summed E-state index contributed by atoms with van der Waals surface area (Å²) in [7, 11) is 0. The van der Waals surface area contributed by atoms with Crippen LogP contribution in [0.4, 0.5) is 0 Å². The number of benzene rings is 1. The second kappa shape index (κ2) is 6.93. The van der Waals surface area contributed by atoms with E-state index in [1.165, 1.54) is 12.8 Å². The first-order chi connectivity index (χ1) is 9.54. The summed E-state index contributed by atoms with van der Waals surface area (Å²) in [5.74, 6) is 0.582. The third-order valence-corrected chi connectivity index (χ3v) is 4.13. The number of hydrogen-bond acceptors (Lipinski definition) is 2. The zero-order valence-electron chi connectivity index (χ0n) is 11.5. The zero-order valence-corrected chi connectivity index (χ0v) is 13.1.